The minimum absolute atomic E-state index is 0.323. The number of nitrogens with zero attached hydrogens (tertiary/aromatic N) is 2. The largest absolute Gasteiger partial charge is 0.497 e. The van der Waals surface area contributed by atoms with Gasteiger partial charge in [-0.15, -0.1) is 0 Å². The highest BCUT2D eigenvalue weighted by Crippen LogP contribution is 2.31. The van der Waals surface area contributed by atoms with Crippen LogP contribution in [0.25, 0.3) is 22.3 Å². The Labute approximate surface area is 186 Å². The highest BCUT2D eigenvalue weighted by Gasteiger charge is 2.16. The number of likely N-dealkylation sites (tertiary alicyclic amines) is 1. The highest BCUT2D eigenvalue weighted by atomic mass is 16.5. The van der Waals surface area contributed by atoms with Crippen molar-refractivity contribution in [3.05, 3.63) is 52.3 Å². The molecular weight excluding hydrogens is 410 g/mol. The zero-order chi connectivity index (χ0) is 22.5. The van der Waals surface area contributed by atoms with E-state index in [1.54, 1.807) is 37.4 Å². The number of fused-ring (bicyclic) bond motifs is 1. The van der Waals surface area contributed by atoms with Crippen LogP contribution in [0, 0.1) is 0 Å². The second kappa shape index (κ2) is 9.82. The lowest BCUT2D eigenvalue weighted by Crippen LogP contribution is -2.25. The fraction of sp³-hybridized carbons (Fsp3) is 0.375. The van der Waals surface area contributed by atoms with Crippen LogP contribution in [0.4, 0.5) is 0 Å². The van der Waals surface area contributed by atoms with E-state index in [9.17, 15) is 9.59 Å². The van der Waals surface area contributed by atoms with Gasteiger partial charge in [0, 0.05) is 6.54 Å². The summed E-state index contributed by atoms with van der Waals surface area (Å²) in [6, 6.07) is 10.1. The van der Waals surface area contributed by atoms with Crippen molar-refractivity contribution in [1.29, 1.82) is 0 Å². The molecule has 2 aromatic carbocycles. The highest BCUT2D eigenvalue weighted by molar-refractivity contribution is 5.94. The maximum atomic E-state index is 12.8. The number of aromatic nitrogens is 2. The molecule has 1 aromatic heterocycles. The zero-order valence-corrected chi connectivity index (χ0v) is 18.3. The van der Waals surface area contributed by atoms with Crippen molar-refractivity contribution in [2.24, 2.45) is 0 Å². The SMILES string of the molecule is CCOc1ccc(OC)cc1-c1nc2ccc(C(=O)OCCN3CCCC3)cc2c(=O)[nH]1. The lowest BCUT2D eigenvalue weighted by Gasteiger charge is -2.14. The minimum Gasteiger partial charge on any atom is -0.497 e. The molecule has 8 heteroatoms. The predicted octanol–water partition coefficient (Wildman–Crippen LogP) is 3.25. The molecule has 8 nitrogen and oxygen atoms in total. The molecule has 0 spiro atoms. The summed E-state index contributed by atoms with van der Waals surface area (Å²) in [5.74, 6) is 1.14. The number of H-pyrrole nitrogens is 1. The first-order valence-corrected chi connectivity index (χ1v) is 10.8. The molecular formula is C24H27N3O5. The molecule has 0 atom stereocenters. The van der Waals surface area contributed by atoms with Crippen molar-refractivity contribution < 1.29 is 19.0 Å². The topological polar surface area (TPSA) is 93.8 Å². The smallest absolute Gasteiger partial charge is 0.338 e. The van der Waals surface area contributed by atoms with Gasteiger partial charge in [0.05, 0.1) is 35.7 Å². The van der Waals surface area contributed by atoms with E-state index in [-0.39, 0.29) is 5.56 Å². The summed E-state index contributed by atoms with van der Waals surface area (Å²) in [7, 11) is 1.57. The molecule has 1 fully saturated rings. The number of methoxy groups -OCH3 is 1. The van der Waals surface area contributed by atoms with Crippen molar-refractivity contribution >= 4 is 16.9 Å². The third-order valence-electron chi connectivity index (χ3n) is 5.52. The molecule has 0 saturated carbocycles. The van der Waals surface area contributed by atoms with E-state index in [1.165, 1.54) is 18.9 Å². The molecule has 1 aliphatic rings. The Morgan fingerprint density at radius 1 is 1.16 bits per heavy atom. The normalized spacial score (nSPS) is 13.9. The lowest BCUT2D eigenvalue weighted by molar-refractivity contribution is 0.0472. The van der Waals surface area contributed by atoms with Gasteiger partial charge >= 0.3 is 5.97 Å². The summed E-state index contributed by atoms with van der Waals surface area (Å²) in [5, 5.41) is 0.323. The Hall–Kier alpha value is -3.39. The molecule has 0 unspecified atom stereocenters. The monoisotopic (exact) mass is 437 g/mol. The number of carbonyl (C=O) groups excluding carboxylic acids is 1. The van der Waals surface area contributed by atoms with Crippen LogP contribution in [0.3, 0.4) is 0 Å². The quantitative estimate of drug-likeness (QED) is 0.541. The van der Waals surface area contributed by atoms with E-state index in [2.05, 4.69) is 14.9 Å². The van der Waals surface area contributed by atoms with Gasteiger partial charge in [0.25, 0.3) is 5.56 Å². The number of benzene rings is 2. The molecule has 2 heterocycles. The van der Waals surface area contributed by atoms with E-state index in [4.69, 9.17) is 14.2 Å². The molecule has 0 radical (unpaired) electrons. The van der Waals surface area contributed by atoms with E-state index in [0.29, 0.717) is 52.6 Å². The Bertz CT molecular complexity index is 1170. The van der Waals surface area contributed by atoms with Gasteiger partial charge in [-0.25, -0.2) is 9.78 Å². The zero-order valence-electron chi connectivity index (χ0n) is 18.3. The van der Waals surface area contributed by atoms with E-state index >= 15 is 0 Å². The molecule has 0 aliphatic carbocycles. The van der Waals surface area contributed by atoms with Gasteiger partial charge in [-0.1, -0.05) is 0 Å². The van der Waals surface area contributed by atoms with Crippen molar-refractivity contribution in [2.45, 2.75) is 19.8 Å². The first-order chi connectivity index (χ1) is 15.6. The number of nitrogens with one attached hydrogen (secondary N) is 1. The summed E-state index contributed by atoms with van der Waals surface area (Å²) in [5.41, 5.74) is 1.08. The molecule has 0 bridgehead atoms. The molecule has 1 aliphatic heterocycles. The van der Waals surface area contributed by atoms with Crippen LogP contribution in [0.5, 0.6) is 11.5 Å². The van der Waals surface area contributed by atoms with Crippen LogP contribution < -0.4 is 15.0 Å². The summed E-state index contributed by atoms with van der Waals surface area (Å²) in [6.45, 7) is 5.52. The number of aromatic amines is 1. The van der Waals surface area contributed by atoms with Crippen LogP contribution >= 0.6 is 0 Å². The van der Waals surface area contributed by atoms with Gasteiger partial charge in [-0.05, 0) is 69.3 Å². The number of hydrogen-bond acceptors (Lipinski definition) is 7. The van der Waals surface area contributed by atoms with Crippen LogP contribution in [0.1, 0.15) is 30.1 Å². The van der Waals surface area contributed by atoms with Crippen LogP contribution in [0.15, 0.2) is 41.2 Å². The number of rotatable bonds is 8. The van der Waals surface area contributed by atoms with Gasteiger partial charge < -0.3 is 19.2 Å². The molecule has 0 amide bonds. The first-order valence-electron chi connectivity index (χ1n) is 10.8. The number of esters is 1. The summed E-state index contributed by atoms with van der Waals surface area (Å²) < 4.78 is 16.4. The number of ether oxygens (including phenoxy) is 3. The van der Waals surface area contributed by atoms with Gasteiger partial charge in [0.1, 0.15) is 23.9 Å². The summed E-state index contributed by atoms with van der Waals surface area (Å²) in [6.07, 6.45) is 2.39. The first kappa shape index (κ1) is 21.8. The lowest BCUT2D eigenvalue weighted by atomic mass is 10.1. The average Bonchev–Trinajstić information content (AvgIpc) is 3.33. The molecule has 3 aromatic rings. The summed E-state index contributed by atoms with van der Waals surface area (Å²) >= 11 is 0. The number of carbonyl (C=O) groups is 1. The fourth-order valence-corrected chi connectivity index (χ4v) is 3.85. The Kier molecular flexibility index (Phi) is 6.70. The summed E-state index contributed by atoms with van der Waals surface area (Å²) in [4.78, 5) is 34.9. The third kappa shape index (κ3) is 4.75. The molecule has 1 saturated heterocycles. The predicted molar refractivity (Wildman–Crippen MR) is 121 cm³/mol. The number of hydrogen-bond donors (Lipinski definition) is 1. The minimum atomic E-state index is -0.444. The molecule has 1 N–H and O–H groups in total. The van der Waals surface area contributed by atoms with Gasteiger partial charge in [0.2, 0.25) is 0 Å². The van der Waals surface area contributed by atoms with Crippen molar-refractivity contribution in [1.82, 2.24) is 14.9 Å². The van der Waals surface area contributed by atoms with Crippen molar-refractivity contribution in [3.63, 3.8) is 0 Å². The second-order valence-electron chi connectivity index (χ2n) is 7.63. The Balaban J connectivity index is 1.59. The Morgan fingerprint density at radius 3 is 2.72 bits per heavy atom. The van der Waals surface area contributed by atoms with E-state index in [0.717, 1.165) is 19.6 Å². The van der Waals surface area contributed by atoms with Crippen LogP contribution in [-0.2, 0) is 4.74 Å². The van der Waals surface area contributed by atoms with E-state index < -0.39 is 5.97 Å². The Morgan fingerprint density at radius 2 is 1.97 bits per heavy atom. The van der Waals surface area contributed by atoms with E-state index in [1.807, 2.05) is 6.92 Å². The van der Waals surface area contributed by atoms with Crippen LogP contribution in [-0.4, -0.2) is 60.8 Å². The van der Waals surface area contributed by atoms with Gasteiger partial charge in [-0.2, -0.15) is 0 Å². The van der Waals surface area contributed by atoms with Crippen LogP contribution in [0.2, 0.25) is 0 Å². The van der Waals surface area contributed by atoms with Gasteiger partial charge in [0.15, 0.2) is 0 Å². The molecule has 32 heavy (non-hydrogen) atoms. The maximum Gasteiger partial charge on any atom is 0.338 e. The maximum absolute atomic E-state index is 12.8. The van der Waals surface area contributed by atoms with Gasteiger partial charge in [-0.3, -0.25) is 9.69 Å². The van der Waals surface area contributed by atoms with Crippen molar-refractivity contribution in [3.8, 4) is 22.9 Å². The molecule has 4 rings (SSSR count). The molecule has 168 valence electrons. The third-order valence-corrected chi connectivity index (χ3v) is 5.52. The fourth-order valence-electron chi connectivity index (χ4n) is 3.85. The standard InChI is InChI=1S/C24H27N3O5/c1-3-31-21-9-7-17(30-2)15-19(21)22-25-20-8-6-16(14-18(20)23(28)26-22)24(29)32-13-12-27-10-4-5-11-27/h6-9,14-15H,3-5,10-13H2,1-2H3,(H,25,26,28). The second-order valence-corrected chi connectivity index (χ2v) is 7.63. The van der Waals surface area contributed by atoms with Crippen molar-refractivity contribution in [2.75, 3.05) is 40.0 Å². The average molecular weight is 437 g/mol.